The Morgan fingerprint density at radius 1 is 0.524 bits per heavy atom. The van der Waals surface area contributed by atoms with E-state index in [0.717, 1.165) is 32.6 Å². The van der Waals surface area contributed by atoms with Crippen molar-refractivity contribution in [3.63, 3.8) is 0 Å². The highest BCUT2D eigenvalue weighted by Gasteiger charge is 2.17. The van der Waals surface area contributed by atoms with Crippen molar-refractivity contribution in [2.75, 3.05) is 0 Å². The number of para-hydroxylation sites is 1. The summed E-state index contributed by atoms with van der Waals surface area (Å²) in [6, 6.07) is 42.7. The highest BCUT2D eigenvalue weighted by atomic mass is 32.1. The summed E-state index contributed by atoms with van der Waals surface area (Å²) in [5, 5.41) is 19.9. The largest absolute Gasteiger partial charge is 0.506 e. The van der Waals surface area contributed by atoms with Crippen LogP contribution in [0.2, 0.25) is 0 Å². The van der Waals surface area contributed by atoms with E-state index in [1.165, 1.54) is 48.1 Å². The second-order valence-electron chi connectivity index (χ2n) is 10.7. The molecule has 9 aromatic rings. The first-order chi connectivity index (χ1) is 20.7. The molecule has 0 fully saturated rings. The molecule has 3 nitrogen and oxygen atoms in total. The van der Waals surface area contributed by atoms with Gasteiger partial charge >= 0.3 is 0 Å². The van der Waals surface area contributed by atoms with Crippen LogP contribution in [-0.4, -0.2) is 15.1 Å². The Hall–Kier alpha value is -5.32. The topological polar surface area (TPSA) is 46.0 Å². The number of aromatic hydroxyl groups is 1. The van der Waals surface area contributed by atoms with Crippen LogP contribution in [0.3, 0.4) is 0 Å². The Labute approximate surface area is 245 Å². The summed E-state index contributed by atoms with van der Waals surface area (Å²) < 4.78 is 1.21. The molecule has 9 rings (SSSR count). The lowest BCUT2D eigenvalue weighted by atomic mass is 9.86. The van der Waals surface area contributed by atoms with Gasteiger partial charge in [-0.05, 0) is 84.9 Å². The van der Waals surface area contributed by atoms with Crippen molar-refractivity contribution in [2.45, 2.75) is 0 Å². The number of nitrogens with zero attached hydrogens (tertiary/aromatic N) is 2. The van der Waals surface area contributed by atoms with Crippen LogP contribution >= 0.6 is 11.3 Å². The number of rotatable bonds is 3. The summed E-state index contributed by atoms with van der Waals surface area (Å²) in [5.74, 6) is 0.200. The lowest BCUT2D eigenvalue weighted by Gasteiger charge is -2.17. The van der Waals surface area contributed by atoms with Gasteiger partial charge in [0.05, 0.1) is 10.2 Å². The Kier molecular flexibility index (Phi) is 4.92. The second-order valence-corrected chi connectivity index (χ2v) is 11.8. The molecule has 0 bridgehead atoms. The van der Waals surface area contributed by atoms with Gasteiger partial charge in [-0.1, -0.05) is 91.0 Å². The molecule has 0 atom stereocenters. The van der Waals surface area contributed by atoms with E-state index >= 15 is 0 Å². The first kappa shape index (κ1) is 23.4. The van der Waals surface area contributed by atoms with E-state index in [-0.39, 0.29) is 5.75 Å². The minimum absolute atomic E-state index is 0.200. The van der Waals surface area contributed by atoms with Crippen LogP contribution in [0.25, 0.3) is 86.3 Å². The molecule has 2 heterocycles. The molecule has 0 saturated carbocycles. The Balaban J connectivity index is 1.23. The number of fused-ring (bicyclic) bond motifs is 2. The smallest absolute Gasteiger partial charge is 0.141 e. The summed E-state index contributed by atoms with van der Waals surface area (Å²) in [4.78, 5) is 9.31. The summed E-state index contributed by atoms with van der Waals surface area (Å²) in [6.45, 7) is 0. The summed E-state index contributed by atoms with van der Waals surface area (Å²) >= 11 is 1.73. The van der Waals surface area contributed by atoms with Crippen LogP contribution in [0.5, 0.6) is 5.75 Å². The number of hydrogen-bond acceptors (Lipinski definition) is 4. The Morgan fingerprint density at radius 2 is 1.17 bits per heavy atom. The quantitative estimate of drug-likeness (QED) is 0.221. The standard InChI is InChI=1S/C38H22N2OS/c41-33-20-19-28(31-4-3-21-39-37(31)33)27-16-12-24-13-17-29-26(15-11-23-14-18-30(27)36(24)35(23)29)22-7-9-25(10-8-22)38-40-32-5-1-2-6-34(32)42-38/h1-21,41H. The first-order valence-electron chi connectivity index (χ1n) is 14.0. The highest BCUT2D eigenvalue weighted by Crippen LogP contribution is 2.44. The molecule has 2 aromatic heterocycles. The predicted molar refractivity (Wildman–Crippen MR) is 177 cm³/mol. The SMILES string of the molecule is Oc1ccc(-c2ccc3ccc4c(-c5ccc(-c6nc7ccccc7s6)cc5)ccc5ccc2c3c54)c2cccnc12. The van der Waals surface area contributed by atoms with Crippen molar-refractivity contribution in [3.05, 3.63) is 128 Å². The van der Waals surface area contributed by atoms with Gasteiger partial charge in [-0.25, -0.2) is 4.98 Å². The Morgan fingerprint density at radius 3 is 1.95 bits per heavy atom. The van der Waals surface area contributed by atoms with Gasteiger partial charge in [0.15, 0.2) is 0 Å². The lowest BCUT2D eigenvalue weighted by Crippen LogP contribution is -1.90. The molecule has 0 unspecified atom stereocenters. The molecule has 4 heteroatoms. The number of thiazole rings is 1. The van der Waals surface area contributed by atoms with Crippen LogP contribution in [0.1, 0.15) is 0 Å². The van der Waals surface area contributed by atoms with Crippen molar-refractivity contribution >= 4 is 64.8 Å². The molecule has 0 aliphatic carbocycles. The van der Waals surface area contributed by atoms with E-state index in [9.17, 15) is 5.11 Å². The molecule has 0 spiro atoms. The minimum Gasteiger partial charge on any atom is -0.506 e. The third-order valence-electron chi connectivity index (χ3n) is 8.44. The summed E-state index contributed by atoms with van der Waals surface area (Å²) in [6.07, 6.45) is 1.73. The van der Waals surface area contributed by atoms with Crippen molar-refractivity contribution in [1.29, 1.82) is 0 Å². The molecule has 0 aliphatic rings. The van der Waals surface area contributed by atoms with Crippen molar-refractivity contribution in [3.8, 4) is 38.6 Å². The Bertz CT molecular complexity index is 2440. The fourth-order valence-corrected chi connectivity index (χ4v) is 7.44. The van der Waals surface area contributed by atoms with Gasteiger partial charge in [-0.15, -0.1) is 11.3 Å². The normalized spacial score (nSPS) is 11.9. The average molecular weight is 555 g/mol. The zero-order valence-corrected chi connectivity index (χ0v) is 23.2. The van der Waals surface area contributed by atoms with E-state index < -0.39 is 0 Å². The van der Waals surface area contributed by atoms with Crippen LogP contribution in [-0.2, 0) is 0 Å². The van der Waals surface area contributed by atoms with Crippen molar-refractivity contribution in [2.24, 2.45) is 0 Å². The monoisotopic (exact) mass is 554 g/mol. The molecule has 1 N–H and O–H groups in total. The predicted octanol–water partition coefficient (Wildman–Crippen LogP) is 10.4. The number of hydrogen-bond donors (Lipinski definition) is 1. The van der Waals surface area contributed by atoms with Crippen molar-refractivity contribution in [1.82, 2.24) is 9.97 Å². The lowest BCUT2D eigenvalue weighted by molar-refractivity contribution is 0.480. The van der Waals surface area contributed by atoms with Gasteiger partial charge in [0.1, 0.15) is 16.3 Å². The number of benzene rings is 7. The van der Waals surface area contributed by atoms with E-state index in [4.69, 9.17) is 4.98 Å². The van der Waals surface area contributed by atoms with E-state index in [0.29, 0.717) is 5.52 Å². The van der Waals surface area contributed by atoms with Gasteiger partial charge in [0.25, 0.3) is 0 Å². The molecule has 0 aliphatic heterocycles. The third-order valence-corrected chi connectivity index (χ3v) is 9.53. The average Bonchev–Trinajstić information content (AvgIpc) is 3.49. The third kappa shape index (κ3) is 3.39. The fourth-order valence-electron chi connectivity index (χ4n) is 6.47. The van der Waals surface area contributed by atoms with E-state index in [1.54, 1.807) is 23.6 Å². The summed E-state index contributed by atoms with van der Waals surface area (Å²) in [5.41, 5.74) is 7.42. The zero-order valence-electron chi connectivity index (χ0n) is 22.4. The molecule has 7 aromatic carbocycles. The van der Waals surface area contributed by atoms with Gasteiger partial charge < -0.3 is 5.11 Å². The van der Waals surface area contributed by atoms with Crippen LogP contribution < -0.4 is 0 Å². The van der Waals surface area contributed by atoms with Gasteiger partial charge in [-0.3, -0.25) is 4.98 Å². The summed E-state index contributed by atoms with van der Waals surface area (Å²) in [7, 11) is 0. The maximum atomic E-state index is 10.5. The number of phenolic OH excluding ortho intramolecular Hbond substituents is 1. The van der Waals surface area contributed by atoms with Gasteiger partial charge in [-0.2, -0.15) is 0 Å². The highest BCUT2D eigenvalue weighted by molar-refractivity contribution is 7.21. The number of phenols is 1. The van der Waals surface area contributed by atoms with E-state index in [2.05, 4.69) is 96.0 Å². The maximum Gasteiger partial charge on any atom is 0.141 e. The van der Waals surface area contributed by atoms with Gasteiger partial charge in [0.2, 0.25) is 0 Å². The van der Waals surface area contributed by atoms with Crippen LogP contribution in [0.15, 0.2) is 128 Å². The second kappa shape index (κ2) is 8.84. The number of aromatic nitrogens is 2. The molecule has 0 saturated heterocycles. The molecular weight excluding hydrogens is 532 g/mol. The molecule has 0 amide bonds. The first-order valence-corrected chi connectivity index (χ1v) is 14.8. The molecule has 0 radical (unpaired) electrons. The number of pyridine rings is 1. The molecular formula is C38H22N2OS. The minimum atomic E-state index is 0.200. The fraction of sp³-hybridized carbons (Fsp3) is 0. The van der Waals surface area contributed by atoms with Crippen LogP contribution in [0, 0.1) is 0 Å². The van der Waals surface area contributed by atoms with E-state index in [1.807, 2.05) is 24.3 Å². The molecule has 196 valence electrons. The van der Waals surface area contributed by atoms with Crippen molar-refractivity contribution < 1.29 is 5.11 Å². The van der Waals surface area contributed by atoms with Gasteiger partial charge in [0, 0.05) is 17.1 Å². The zero-order chi connectivity index (χ0) is 27.8. The molecule has 42 heavy (non-hydrogen) atoms. The maximum absolute atomic E-state index is 10.5. The van der Waals surface area contributed by atoms with Crippen LogP contribution in [0.4, 0.5) is 0 Å².